The molecule has 0 N–H and O–H groups in total. The second-order valence-corrected chi connectivity index (χ2v) is 4.17. The number of rotatable bonds is 3. The summed E-state index contributed by atoms with van der Waals surface area (Å²) in [6.45, 7) is 1.43. The SMILES string of the molecule is ClCCCC1(I)OCCO1. The van der Waals surface area contributed by atoms with E-state index in [1.165, 1.54) is 0 Å². The van der Waals surface area contributed by atoms with Gasteiger partial charge in [0.15, 0.2) is 0 Å². The number of ether oxygens (including phenoxy) is 2. The van der Waals surface area contributed by atoms with E-state index in [9.17, 15) is 0 Å². The lowest BCUT2D eigenvalue weighted by Crippen LogP contribution is -2.20. The van der Waals surface area contributed by atoms with Crippen molar-refractivity contribution in [2.24, 2.45) is 0 Å². The van der Waals surface area contributed by atoms with Crippen molar-refractivity contribution in [1.82, 2.24) is 0 Å². The molecule has 0 unspecified atom stereocenters. The van der Waals surface area contributed by atoms with Gasteiger partial charge in [-0.2, -0.15) is 0 Å². The van der Waals surface area contributed by atoms with Crippen molar-refractivity contribution in [1.29, 1.82) is 0 Å². The molecule has 0 saturated carbocycles. The highest BCUT2D eigenvalue weighted by atomic mass is 127. The standard InChI is InChI=1S/C6H10ClIO2/c7-3-1-2-6(8)9-4-5-10-6/h1-5H2. The highest BCUT2D eigenvalue weighted by Gasteiger charge is 2.32. The monoisotopic (exact) mass is 276 g/mol. The molecule has 0 atom stereocenters. The number of hydrogen-bond donors (Lipinski definition) is 0. The van der Waals surface area contributed by atoms with Gasteiger partial charge in [-0.25, -0.2) is 0 Å². The Kier molecular flexibility index (Phi) is 3.69. The fourth-order valence-corrected chi connectivity index (χ4v) is 1.81. The van der Waals surface area contributed by atoms with Crippen LogP contribution in [0.4, 0.5) is 0 Å². The van der Waals surface area contributed by atoms with Gasteiger partial charge in [0.25, 0.3) is 0 Å². The molecule has 10 heavy (non-hydrogen) atoms. The molecule has 4 heteroatoms. The smallest absolute Gasteiger partial charge is 0.221 e. The Balaban J connectivity index is 2.22. The van der Waals surface area contributed by atoms with E-state index in [4.69, 9.17) is 21.1 Å². The first-order chi connectivity index (χ1) is 4.77. The van der Waals surface area contributed by atoms with E-state index in [2.05, 4.69) is 22.6 Å². The van der Waals surface area contributed by atoms with Gasteiger partial charge in [-0.1, -0.05) is 0 Å². The largest absolute Gasteiger partial charge is 0.339 e. The van der Waals surface area contributed by atoms with Crippen LogP contribution < -0.4 is 0 Å². The molecule has 60 valence electrons. The van der Waals surface area contributed by atoms with E-state index in [0.29, 0.717) is 19.1 Å². The minimum Gasteiger partial charge on any atom is -0.339 e. The summed E-state index contributed by atoms with van der Waals surface area (Å²) in [5, 5.41) is 0. The topological polar surface area (TPSA) is 18.5 Å². The van der Waals surface area contributed by atoms with Crippen LogP contribution in [0.25, 0.3) is 0 Å². The second-order valence-electron chi connectivity index (χ2n) is 2.15. The number of alkyl halides is 2. The Morgan fingerprint density at radius 1 is 1.40 bits per heavy atom. The predicted octanol–water partition coefficient (Wildman–Crippen LogP) is 2.14. The van der Waals surface area contributed by atoms with Crippen molar-refractivity contribution < 1.29 is 9.47 Å². The van der Waals surface area contributed by atoms with Crippen molar-refractivity contribution in [2.45, 2.75) is 16.6 Å². The average molecular weight is 277 g/mol. The summed E-state index contributed by atoms with van der Waals surface area (Å²) in [6, 6.07) is 0. The van der Waals surface area contributed by atoms with Crippen LogP contribution in [0.2, 0.25) is 0 Å². The van der Waals surface area contributed by atoms with Gasteiger partial charge in [0, 0.05) is 12.3 Å². The van der Waals surface area contributed by atoms with Gasteiger partial charge in [-0.3, -0.25) is 0 Å². The zero-order valence-corrected chi connectivity index (χ0v) is 8.52. The molecule has 1 aliphatic heterocycles. The zero-order valence-electron chi connectivity index (χ0n) is 5.61. The lowest BCUT2D eigenvalue weighted by Gasteiger charge is -2.18. The van der Waals surface area contributed by atoms with Crippen molar-refractivity contribution in [3.63, 3.8) is 0 Å². The molecule has 0 aliphatic carbocycles. The number of halogens is 2. The third kappa shape index (κ3) is 2.53. The molecule has 0 aromatic heterocycles. The molecule has 0 radical (unpaired) electrons. The molecule has 0 spiro atoms. The van der Waals surface area contributed by atoms with E-state index < -0.39 is 0 Å². The Bertz CT molecular complexity index is 104. The third-order valence-electron chi connectivity index (χ3n) is 1.33. The van der Waals surface area contributed by atoms with Gasteiger partial charge in [-0.15, -0.1) is 11.6 Å². The van der Waals surface area contributed by atoms with Crippen LogP contribution in [0.3, 0.4) is 0 Å². The lowest BCUT2D eigenvalue weighted by molar-refractivity contribution is -0.0641. The molecule has 1 fully saturated rings. The summed E-state index contributed by atoms with van der Waals surface area (Å²) in [6.07, 6.45) is 1.83. The molecule has 0 amide bonds. The van der Waals surface area contributed by atoms with Crippen molar-refractivity contribution in [3.05, 3.63) is 0 Å². The van der Waals surface area contributed by atoms with Gasteiger partial charge < -0.3 is 9.47 Å². The van der Waals surface area contributed by atoms with Gasteiger partial charge in [0.2, 0.25) is 3.79 Å². The summed E-state index contributed by atoms with van der Waals surface area (Å²) in [4.78, 5) is 0. The molecule has 1 saturated heterocycles. The summed E-state index contributed by atoms with van der Waals surface area (Å²) >= 11 is 7.71. The van der Waals surface area contributed by atoms with E-state index in [-0.39, 0.29) is 3.79 Å². The first-order valence-electron chi connectivity index (χ1n) is 3.30. The molecule has 1 heterocycles. The van der Waals surface area contributed by atoms with Crippen LogP contribution in [0.15, 0.2) is 0 Å². The molecular weight excluding hydrogens is 266 g/mol. The molecule has 1 aliphatic rings. The van der Waals surface area contributed by atoms with E-state index >= 15 is 0 Å². The highest BCUT2D eigenvalue weighted by Crippen LogP contribution is 2.31. The maximum Gasteiger partial charge on any atom is 0.221 e. The normalized spacial score (nSPS) is 23.4. The van der Waals surface area contributed by atoms with E-state index in [0.717, 1.165) is 12.8 Å². The van der Waals surface area contributed by atoms with Gasteiger partial charge >= 0.3 is 0 Å². The molecule has 2 nitrogen and oxygen atoms in total. The fourth-order valence-electron chi connectivity index (χ4n) is 0.852. The fraction of sp³-hybridized carbons (Fsp3) is 1.00. The highest BCUT2D eigenvalue weighted by molar-refractivity contribution is 14.1. The third-order valence-corrected chi connectivity index (χ3v) is 2.76. The van der Waals surface area contributed by atoms with Gasteiger partial charge in [-0.05, 0) is 29.0 Å². The zero-order chi connectivity index (χ0) is 7.45. The molecule has 0 aromatic carbocycles. The van der Waals surface area contributed by atoms with Crippen molar-refractivity contribution >= 4 is 34.2 Å². The lowest BCUT2D eigenvalue weighted by atomic mass is 10.3. The molecule has 0 aromatic rings. The maximum absolute atomic E-state index is 5.53. The van der Waals surface area contributed by atoms with Crippen LogP contribution >= 0.6 is 34.2 Å². The number of hydrogen-bond acceptors (Lipinski definition) is 2. The van der Waals surface area contributed by atoms with E-state index in [1.54, 1.807) is 0 Å². The Morgan fingerprint density at radius 2 is 2.00 bits per heavy atom. The quantitative estimate of drug-likeness (QED) is 0.581. The van der Waals surface area contributed by atoms with Gasteiger partial charge in [0.1, 0.15) is 0 Å². The first kappa shape index (κ1) is 9.03. The summed E-state index contributed by atoms with van der Waals surface area (Å²) in [7, 11) is 0. The van der Waals surface area contributed by atoms with Crippen LogP contribution in [0.1, 0.15) is 12.8 Å². The predicted molar refractivity (Wildman–Crippen MR) is 48.6 cm³/mol. The van der Waals surface area contributed by atoms with Gasteiger partial charge in [0.05, 0.1) is 13.2 Å². The van der Waals surface area contributed by atoms with Crippen LogP contribution in [-0.2, 0) is 9.47 Å². The molecular formula is C6H10ClIO2. The van der Waals surface area contributed by atoms with E-state index in [1.807, 2.05) is 0 Å². The maximum atomic E-state index is 5.53. The summed E-state index contributed by atoms with van der Waals surface area (Å²) in [5.74, 6) is 0.678. The minimum atomic E-state index is -0.368. The van der Waals surface area contributed by atoms with Crippen LogP contribution in [-0.4, -0.2) is 22.9 Å². The average Bonchev–Trinajstić information content (AvgIpc) is 2.33. The van der Waals surface area contributed by atoms with Crippen molar-refractivity contribution in [3.8, 4) is 0 Å². The van der Waals surface area contributed by atoms with Crippen molar-refractivity contribution in [2.75, 3.05) is 19.1 Å². The minimum absolute atomic E-state index is 0.368. The molecule has 0 bridgehead atoms. The molecule has 1 rings (SSSR count). The summed E-state index contributed by atoms with van der Waals surface area (Å²) < 4.78 is 10.3. The Labute approximate surface area is 79.4 Å². The van der Waals surface area contributed by atoms with Crippen LogP contribution in [0, 0.1) is 0 Å². The second kappa shape index (κ2) is 4.09. The first-order valence-corrected chi connectivity index (χ1v) is 4.91. The Hall–Kier alpha value is 0.940. The Morgan fingerprint density at radius 3 is 2.50 bits per heavy atom. The summed E-state index contributed by atoms with van der Waals surface area (Å²) in [5.41, 5.74) is 0. The van der Waals surface area contributed by atoms with Crippen LogP contribution in [0.5, 0.6) is 0 Å².